The van der Waals surface area contributed by atoms with Crippen LogP contribution < -0.4 is 9.47 Å². The molecule has 0 radical (unpaired) electrons. The van der Waals surface area contributed by atoms with Crippen molar-refractivity contribution in [2.45, 2.75) is 13.5 Å². The van der Waals surface area contributed by atoms with Crippen LogP contribution in [0, 0.1) is 5.92 Å². The third-order valence-electron chi connectivity index (χ3n) is 3.20. The monoisotopic (exact) mass is 290 g/mol. The maximum absolute atomic E-state index is 10.9. The lowest BCUT2D eigenvalue weighted by atomic mass is 10.1. The molecule has 8 nitrogen and oxygen atoms in total. The summed E-state index contributed by atoms with van der Waals surface area (Å²) in [6.45, 7) is 2.83. The number of carboxylic acids is 1. The summed E-state index contributed by atoms with van der Waals surface area (Å²) in [5.74, 6) is 0.352. The number of benzene rings is 1. The van der Waals surface area contributed by atoms with Gasteiger partial charge < -0.3 is 14.6 Å². The normalized spacial score (nSPS) is 14.7. The lowest BCUT2D eigenvalue weighted by Crippen LogP contribution is -2.18. The fourth-order valence-corrected chi connectivity index (χ4v) is 2.05. The van der Waals surface area contributed by atoms with E-state index in [-0.39, 0.29) is 6.54 Å². The van der Waals surface area contributed by atoms with Gasteiger partial charge in [-0.25, -0.2) is 4.68 Å². The highest BCUT2D eigenvalue weighted by Crippen LogP contribution is 2.33. The van der Waals surface area contributed by atoms with Crippen LogP contribution in [0.4, 0.5) is 0 Å². The van der Waals surface area contributed by atoms with Crippen molar-refractivity contribution in [3.8, 4) is 22.9 Å². The first-order valence-corrected chi connectivity index (χ1v) is 6.54. The standard InChI is InChI=1S/C13H14N4O4/c1-8(13(18)19)7-17-12(14-15-16-17)9-2-3-10-11(6-9)21-5-4-20-10/h2-3,6,8H,4-5,7H2,1H3,(H,18,19). The largest absolute Gasteiger partial charge is 0.486 e. The van der Waals surface area contributed by atoms with E-state index in [1.165, 1.54) is 4.68 Å². The van der Waals surface area contributed by atoms with Crippen molar-refractivity contribution in [2.75, 3.05) is 13.2 Å². The quantitative estimate of drug-likeness (QED) is 0.890. The van der Waals surface area contributed by atoms with Crippen LogP contribution in [0.3, 0.4) is 0 Å². The number of carbonyl (C=O) groups is 1. The van der Waals surface area contributed by atoms with Crippen LogP contribution >= 0.6 is 0 Å². The van der Waals surface area contributed by atoms with Crippen LogP contribution in [0.25, 0.3) is 11.4 Å². The van der Waals surface area contributed by atoms with Gasteiger partial charge in [0.1, 0.15) is 13.2 Å². The molecule has 1 aromatic carbocycles. The number of aliphatic carboxylic acids is 1. The number of rotatable bonds is 4. The minimum Gasteiger partial charge on any atom is -0.486 e. The van der Waals surface area contributed by atoms with Gasteiger partial charge in [-0.05, 0) is 28.6 Å². The second kappa shape index (κ2) is 5.39. The summed E-state index contributed by atoms with van der Waals surface area (Å²) in [5, 5.41) is 20.4. The second-order valence-corrected chi connectivity index (χ2v) is 4.78. The van der Waals surface area contributed by atoms with Crippen LogP contribution in [0.1, 0.15) is 6.92 Å². The molecule has 1 aromatic heterocycles. The first-order chi connectivity index (χ1) is 10.1. The number of carboxylic acid groups (broad SMARTS) is 1. The third-order valence-corrected chi connectivity index (χ3v) is 3.20. The van der Waals surface area contributed by atoms with Crippen LogP contribution in [-0.4, -0.2) is 44.5 Å². The minimum absolute atomic E-state index is 0.201. The van der Waals surface area contributed by atoms with E-state index in [9.17, 15) is 4.79 Å². The summed E-state index contributed by atoms with van der Waals surface area (Å²) in [5.41, 5.74) is 0.752. The maximum Gasteiger partial charge on any atom is 0.308 e. The molecule has 1 N–H and O–H groups in total. The number of hydrogen-bond acceptors (Lipinski definition) is 6. The van der Waals surface area contributed by atoms with Gasteiger partial charge in [0, 0.05) is 5.56 Å². The summed E-state index contributed by atoms with van der Waals surface area (Å²) >= 11 is 0. The molecular weight excluding hydrogens is 276 g/mol. The van der Waals surface area contributed by atoms with Crippen molar-refractivity contribution in [1.82, 2.24) is 20.2 Å². The number of ether oxygens (including phenoxy) is 2. The van der Waals surface area contributed by atoms with Crippen molar-refractivity contribution in [3.05, 3.63) is 18.2 Å². The zero-order valence-corrected chi connectivity index (χ0v) is 11.4. The number of nitrogens with zero attached hydrogens (tertiary/aromatic N) is 4. The Morgan fingerprint density at radius 1 is 1.38 bits per heavy atom. The van der Waals surface area contributed by atoms with Crippen molar-refractivity contribution in [2.24, 2.45) is 5.92 Å². The Morgan fingerprint density at radius 3 is 2.90 bits per heavy atom. The molecule has 0 spiro atoms. The van der Waals surface area contributed by atoms with Gasteiger partial charge in [0.15, 0.2) is 17.3 Å². The second-order valence-electron chi connectivity index (χ2n) is 4.78. The topological polar surface area (TPSA) is 99.4 Å². The van der Waals surface area contributed by atoms with Crippen molar-refractivity contribution < 1.29 is 19.4 Å². The molecule has 0 fully saturated rings. The molecule has 2 heterocycles. The van der Waals surface area contributed by atoms with Gasteiger partial charge in [-0.2, -0.15) is 0 Å². The predicted molar refractivity (Wildman–Crippen MR) is 71.0 cm³/mol. The highest BCUT2D eigenvalue weighted by molar-refractivity contribution is 5.69. The molecule has 0 bridgehead atoms. The fraction of sp³-hybridized carbons (Fsp3) is 0.385. The van der Waals surface area contributed by atoms with Crippen LogP contribution in [-0.2, 0) is 11.3 Å². The lowest BCUT2D eigenvalue weighted by Gasteiger charge is -2.18. The summed E-state index contributed by atoms with van der Waals surface area (Å²) in [6.07, 6.45) is 0. The van der Waals surface area contributed by atoms with E-state index < -0.39 is 11.9 Å². The molecule has 1 atom stereocenters. The molecule has 2 aromatic rings. The summed E-state index contributed by atoms with van der Waals surface area (Å²) < 4.78 is 12.5. The van der Waals surface area contributed by atoms with E-state index in [2.05, 4.69) is 15.5 Å². The Balaban J connectivity index is 1.91. The van der Waals surface area contributed by atoms with Crippen LogP contribution in [0.5, 0.6) is 11.5 Å². The van der Waals surface area contributed by atoms with Gasteiger partial charge in [-0.3, -0.25) is 4.79 Å². The maximum atomic E-state index is 10.9. The molecule has 0 aliphatic carbocycles. The number of tetrazole rings is 1. The van der Waals surface area contributed by atoms with Crippen molar-refractivity contribution >= 4 is 5.97 Å². The van der Waals surface area contributed by atoms with Gasteiger partial charge in [0.25, 0.3) is 0 Å². The Hall–Kier alpha value is -2.64. The molecular formula is C13H14N4O4. The molecule has 1 unspecified atom stereocenters. The third kappa shape index (κ3) is 2.64. The summed E-state index contributed by atoms with van der Waals surface area (Å²) in [4.78, 5) is 10.9. The summed E-state index contributed by atoms with van der Waals surface area (Å²) in [7, 11) is 0. The van der Waals surface area contributed by atoms with Gasteiger partial charge in [0.05, 0.1) is 12.5 Å². The smallest absolute Gasteiger partial charge is 0.308 e. The Morgan fingerprint density at radius 2 is 2.14 bits per heavy atom. The molecule has 1 aliphatic rings. The molecule has 3 rings (SSSR count). The van der Waals surface area contributed by atoms with E-state index in [0.29, 0.717) is 30.5 Å². The Kier molecular flexibility index (Phi) is 3.43. The molecule has 0 saturated carbocycles. The Bertz CT molecular complexity index is 670. The first kappa shape index (κ1) is 13.3. The SMILES string of the molecule is CC(Cn1nnnc1-c1ccc2c(c1)OCCO2)C(=O)O. The Labute approximate surface area is 120 Å². The predicted octanol–water partition coefficient (Wildman–Crippen LogP) is 0.832. The average molecular weight is 290 g/mol. The number of hydrogen-bond donors (Lipinski definition) is 1. The molecule has 8 heteroatoms. The molecule has 21 heavy (non-hydrogen) atoms. The van der Waals surface area contributed by atoms with Crippen LogP contribution in [0.15, 0.2) is 18.2 Å². The molecule has 0 saturated heterocycles. The minimum atomic E-state index is -0.890. The fourth-order valence-electron chi connectivity index (χ4n) is 2.05. The van der Waals surface area contributed by atoms with E-state index in [1.54, 1.807) is 19.1 Å². The van der Waals surface area contributed by atoms with Crippen molar-refractivity contribution in [3.63, 3.8) is 0 Å². The molecule has 1 aliphatic heterocycles. The molecule has 110 valence electrons. The highest BCUT2D eigenvalue weighted by Gasteiger charge is 2.19. The zero-order chi connectivity index (χ0) is 14.8. The molecule has 0 amide bonds. The zero-order valence-electron chi connectivity index (χ0n) is 11.4. The van der Waals surface area contributed by atoms with E-state index in [4.69, 9.17) is 14.6 Å². The van der Waals surface area contributed by atoms with Gasteiger partial charge in [-0.15, -0.1) is 5.10 Å². The summed E-state index contributed by atoms with van der Waals surface area (Å²) in [6, 6.07) is 5.41. The number of fused-ring (bicyclic) bond motifs is 1. The van der Waals surface area contributed by atoms with Gasteiger partial charge in [0.2, 0.25) is 0 Å². The average Bonchev–Trinajstić information content (AvgIpc) is 2.94. The number of aromatic nitrogens is 4. The van der Waals surface area contributed by atoms with Gasteiger partial charge in [-0.1, -0.05) is 6.92 Å². The van der Waals surface area contributed by atoms with Crippen molar-refractivity contribution in [1.29, 1.82) is 0 Å². The highest BCUT2D eigenvalue weighted by atomic mass is 16.6. The van der Waals surface area contributed by atoms with E-state index in [1.807, 2.05) is 6.07 Å². The first-order valence-electron chi connectivity index (χ1n) is 6.54. The van der Waals surface area contributed by atoms with E-state index in [0.717, 1.165) is 5.56 Å². The van der Waals surface area contributed by atoms with Crippen LogP contribution in [0.2, 0.25) is 0 Å². The van der Waals surface area contributed by atoms with Gasteiger partial charge >= 0.3 is 5.97 Å². The van der Waals surface area contributed by atoms with E-state index >= 15 is 0 Å². The lowest BCUT2D eigenvalue weighted by molar-refractivity contribution is -0.141.